The average molecular weight is 455 g/mol. The molecule has 1 amide bonds. The number of hydrogen-bond donors (Lipinski definition) is 0. The molecule has 32 heavy (non-hydrogen) atoms. The molecule has 2 saturated heterocycles. The van der Waals surface area contributed by atoms with Crippen LogP contribution < -0.4 is 0 Å². The highest BCUT2D eigenvalue weighted by atomic mass is 16.7. The van der Waals surface area contributed by atoms with Gasteiger partial charge in [-0.25, -0.2) is 4.79 Å². The Morgan fingerprint density at radius 1 is 0.875 bits per heavy atom. The van der Waals surface area contributed by atoms with Crippen LogP contribution in [0.3, 0.4) is 0 Å². The molecule has 2 aliphatic heterocycles. The molecule has 0 radical (unpaired) electrons. The van der Waals surface area contributed by atoms with E-state index in [4.69, 9.17) is 28.2 Å². The quantitative estimate of drug-likeness (QED) is 0.406. The average Bonchev–Trinajstić information content (AvgIpc) is 2.91. The van der Waals surface area contributed by atoms with Crippen molar-refractivity contribution in [3.63, 3.8) is 0 Å². The van der Waals surface area contributed by atoms with Gasteiger partial charge in [0.05, 0.1) is 36.1 Å². The molecule has 184 valence electrons. The molecule has 0 spiro atoms. The molecule has 2 rings (SSSR count). The fourth-order valence-electron chi connectivity index (χ4n) is 3.61. The van der Waals surface area contributed by atoms with Crippen LogP contribution >= 0.6 is 0 Å². The van der Waals surface area contributed by atoms with Gasteiger partial charge in [0, 0.05) is 0 Å². The second-order valence-corrected chi connectivity index (χ2v) is 11.9. The van der Waals surface area contributed by atoms with E-state index in [1.54, 1.807) is 0 Å². The maximum Gasteiger partial charge on any atom is 0.460 e. The summed E-state index contributed by atoms with van der Waals surface area (Å²) < 4.78 is 30.6. The lowest BCUT2D eigenvalue weighted by atomic mass is 9.59. The molecule has 2 fully saturated rings. The highest BCUT2D eigenvalue weighted by Gasteiger charge is 2.57. The molecular formula is C22H43B2NO7. The summed E-state index contributed by atoms with van der Waals surface area (Å²) in [5, 5.41) is 1.23. The smallest absolute Gasteiger partial charge is 0.442 e. The molecule has 0 saturated carbocycles. The number of nitrogens with zero attached hydrogens (tertiary/aromatic N) is 1. The lowest BCUT2D eigenvalue weighted by molar-refractivity contribution is -0.124. The van der Waals surface area contributed by atoms with E-state index in [9.17, 15) is 4.79 Å². The van der Waals surface area contributed by atoms with Gasteiger partial charge in [-0.05, 0) is 94.7 Å². The zero-order chi connectivity index (χ0) is 24.8. The van der Waals surface area contributed by atoms with Crippen molar-refractivity contribution in [2.24, 2.45) is 0 Å². The zero-order valence-electron chi connectivity index (χ0n) is 22.2. The Kier molecular flexibility index (Phi) is 7.80. The highest BCUT2D eigenvalue weighted by molar-refractivity contribution is 6.53. The Bertz CT molecular complexity index is 644. The van der Waals surface area contributed by atoms with Gasteiger partial charge in [0.25, 0.3) is 0 Å². The Labute approximate surface area is 195 Å². The van der Waals surface area contributed by atoms with Crippen molar-refractivity contribution in [3.05, 3.63) is 0 Å². The summed E-state index contributed by atoms with van der Waals surface area (Å²) in [6.45, 7) is 22.0. The van der Waals surface area contributed by atoms with Gasteiger partial charge in [0.15, 0.2) is 0 Å². The van der Waals surface area contributed by atoms with Crippen molar-refractivity contribution in [2.75, 3.05) is 13.7 Å². The SMILES string of the molecule is CON(CC[C@H](CB1OC(C)(C)C(C)(C)O1)B1OC(C)(C)C(C)(C)O1)C(=O)OC(C)(C)C. The third kappa shape index (κ3) is 6.20. The Balaban J connectivity index is 2.15. The molecule has 0 aromatic heterocycles. The van der Waals surface area contributed by atoms with E-state index in [2.05, 4.69) is 0 Å². The number of ether oxygens (including phenoxy) is 1. The summed E-state index contributed by atoms with van der Waals surface area (Å²) in [4.78, 5) is 17.8. The minimum atomic E-state index is -0.609. The molecule has 0 aromatic carbocycles. The molecule has 0 aliphatic carbocycles. The van der Waals surface area contributed by atoms with Crippen molar-refractivity contribution in [3.8, 4) is 0 Å². The standard InChI is InChI=1S/C22H43B2NO7/c1-18(2,3)28-17(26)25(27-12)14-13-16(24-31-21(8,9)22(10,11)32-24)15-23-29-19(4,5)20(6,7)30-23/h16H,13-15H2,1-12H3/t16-/m1/s1. The number of carbonyl (C=O) groups excluding carboxylic acids is 1. The molecule has 0 bridgehead atoms. The van der Waals surface area contributed by atoms with Crippen molar-refractivity contribution < 1.29 is 33.0 Å². The fourth-order valence-corrected chi connectivity index (χ4v) is 3.61. The number of rotatable bonds is 7. The van der Waals surface area contributed by atoms with Gasteiger partial charge in [0.1, 0.15) is 5.60 Å². The first kappa shape index (κ1) is 27.4. The monoisotopic (exact) mass is 455 g/mol. The first-order valence-electron chi connectivity index (χ1n) is 11.6. The van der Waals surface area contributed by atoms with Gasteiger partial charge < -0.3 is 23.4 Å². The lowest BCUT2D eigenvalue weighted by Gasteiger charge is -2.32. The van der Waals surface area contributed by atoms with E-state index in [0.29, 0.717) is 19.3 Å². The third-order valence-corrected chi connectivity index (χ3v) is 6.97. The van der Waals surface area contributed by atoms with E-state index in [-0.39, 0.29) is 5.82 Å². The normalized spacial score (nSPS) is 24.5. The summed E-state index contributed by atoms with van der Waals surface area (Å²) in [6.07, 6.45) is 0.604. The van der Waals surface area contributed by atoms with E-state index in [0.717, 1.165) is 0 Å². The summed E-state index contributed by atoms with van der Waals surface area (Å²) in [6, 6.07) is 0. The van der Waals surface area contributed by atoms with Crippen molar-refractivity contribution >= 4 is 20.3 Å². The van der Waals surface area contributed by atoms with Crippen LogP contribution in [0.5, 0.6) is 0 Å². The predicted octanol–water partition coefficient (Wildman–Crippen LogP) is 4.73. The Hall–Kier alpha value is -0.800. The van der Waals surface area contributed by atoms with E-state index >= 15 is 0 Å². The first-order valence-corrected chi connectivity index (χ1v) is 11.6. The fraction of sp³-hybridized carbons (Fsp3) is 0.955. The van der Waals surface area contributed by atoms with E-state index in [1.807, 2.05) is 76.2 Å². The second-order valence-electron chi connectivity index (χ2n) is 11.9. The molecule has 10 heteroatoms. The number of hydroxylamine groups is 2. The number of hydrogen-bond acceptors (Lipinski definition) is 7. The molecule has 8 nitrogen and oxygen atoms in total. The highest BCUT2D eigenvalue weighted by Crippen LogP contribution is 2.45. The summed E-state index contributed by atoms with van der Waals surface area (Å²) in [7, 11) is 0.597. The summed E-state index contributed by atoms with van der Waals surface area (Å²) in [5.74, 6) is -0.0918. The molecular weight excluding hydrogens is 412 g/mol. The van der Waals surface area contributed by atoms with Gasteiger partial charge in [-0.15, -0.1) is 0 Å². The van der Waals surface area contributed by atoms with Gasteiger partial charge in [-0.1, -0.05) is 0 Å². The zero-order valence-corrected chi connectivity index (χ0v) is 22.2. The molecule has 0 unspecified atom stereocenters. The molecule has 0 aromatic rings. The minimum Gasteiger partial charge on any atom is -0.442 e. The van der Waals surface area contributed by atoms with E-state index in [1.165, 1.54) is 12.2 Å². The van der Waals surface area contributed by atoms with Gasteiger partial charge in [0.2, 0.25) is 0 Å². The number of carbonyl (C=O) groups is 1. The van der Waals surface area contributed by atoms with Crippen LogP contribution in [0.1, 0.15) is 82.6 Å². The molecule has 1 atom stereocenters. The van der Waals surface area contributed by atoms with Crippen molar-refractivity contribution in [1.29, 1.82) is 0 Å². The molecule has 0 N–H and O–H groups in total. The van der Waals surface area contributed by atoms with E-state index < -0.39 is 48.3 Å². The maximum atomic E-state index is 12.5. The van der Waals surface area contributed by atoms with Crippen molar-refractivity contribution in [1.82, 2.24) is 5.06 Å². The van der Waals surface area contributed by atoms with Crippen LogP contribution in [0, 0.1) is 0 Å². The van der Waals surface area contributed by atoms with Crippen LogP contribution in [0.2, 0.25) is 12.1 Å². The predicted molar refractivity (Wildman–Crippen MR) is 125 cm³/mol. The third-order valence-electron chi connectivity index (χ3n) is 6.97. The summed E-state index contributed by atoms with van der Waals surface area (Å²) in [5.41, 5.74) is -2.38. The van der Waals surface area contributed by atoms with Crippen molar-refractivity contribution in [2.45, 2.75) is 123 Å². The molecule has 2 aliphatic rings. The maximum absolute atomic E-state index is 12.5. The van der Waals surface area contributed by atoms with Gasteiger partial charge in [-0.3, -0.25) is 4.84 Å². The lowest BCUT2D eigenvalue weighted by Crippen LogP contribution is -2.41. The first-order chi connectivity index (χ1) is 14.3. The van der Waals surface area contributed by atoms with Crippen LogP contribution in [-0.4, -0.2) is 67.1 Å². The Morgan fingerprint density at radius 3 is 1.72 bits per heavy atom. The summed E-state index contributed by atoms with van der Waals surface area (Å²) >= 11 is 0. The minimum absolute atomic E-state index is 0.0918. The van der Waals surface area contributed by atoms with Crippen LogP contribution in [0.15, 0.2) is 0 Å². The second kappa shape index (κ2) is 9.10. The van der Waals surface area contributed by atoms with Crippen LogP contribution in [0.25, 0.3) is 0 Å². The molecule has 2 heterocycles. The largest absolute Gasteiger partial charge is 0.460 e. The van der Waals surface area contributed by atoms with Gasteiger partial charge >= 0.3 is 20.3 Å². The van der Waals surface area contributed by atoms with Crippen LogP contribution in [0.4, 0.5) is 4.79 Å². The van der Waals surface area contributed by atoms with Gasteiger partial charge in [-0.2, -0.15) is 5.06 Å². The Morgan fingerprint density at radius 2 is 1.31 bits per heavy atom. The van der Waals surface area contributed by atoms with Crippen LogP contribution in [-0.2, 0) is 28.2 Å². The number of amides is 1. The topological polar surface area (TPSA) is 75.7 Å².